The lowest BCUT2D eigenvalue weighted by atomic mass is 9.71. The third kappa shape index (κ3) is 2.59. The monoisotopic (exact) mass is 304 g/mol. The lowest BCUT2D eigenvalue weighted by Crippen LogP contribution is -2.38. The number of hydrogen-bond donors (Lipinski definition) is 0. The number of carbonyl (C=O) groups is 1. The number of carbonyl (C=O) groups excluding carboxylic acids is 1. The third-order valence-electron chi connectivity index (χ3n) is 4.76. The smallest absolute Gasteiger partial charge is 0.233 e. The van der Waals surface area contributed by atoms with E-state index < -0.39 is 0 Å². The minimum atomic E-state index is -0.260. The minimum absolute atomic E-state index is 0.0497. The third-order valence-corrected chi connectivity index (χ3v) is 4.99. The van der Waals surface area contributed by atoms with E-state index in [1.165, 1.54) is 0 Å². The fraction of sp³-hybridized carbons (Fsp3) is 0.533. The van der Waals surface area contributed by atoms with E-state index in [2.05, 4.69) is 10.0 Å². The first-order valence-electron chi connectivity index (χ1n) is 7.26. The van der Waals surface area contributed by atoms with Crippen molar-refractivity contribution >= 4 is 23.2 Å². The van der Waals surface area contributed by atoms with Gasteiger partial charge in [-0.05, 0) is 55.8 Å². The highest BCUT2D eigenvalue weighted by Gasteiger charge is 2.48. The zero-order valence-corrected chi connectivity index (χ0v) is 12.5. The summed E-state index contributed by atoms with van der Waals surface area (Å²) in [6.45, 7) is 0.741. The Balaban J connectivity index is 1.76. The first-order chi connectivity index (χ1) is 10.1. The number of halogens is 1. The average Bonchev–Trinajstić information content (AvgIpc) is 2.79. The maximum Gasteiger partial charge on any atom is 0.233 e. The summed E-state index contributed by atoms with van der Waals surface area (Å²) >= 11 is 6.02. The van der Waals surface area contributed by atoms with Gasteiger partial charge in [0.15, 0.2) is 0 Å². The van der Waals surface area contributed by atoms with Crippen LogP contribution in [0.25, 0.3) is 10.4 Å². The Kier molecular flexibility index (Phi) is 3.79. The fourth-order valence-electron chi connectivity index (χ4n) is 3.52. The van der Waals surface area contributed by atoms with Crippen molar-refractivity contribution in [1.82, 2.24) is 0 Å². The van der Waals surface area contributed by atoms with Crippen LogP contribution in [0.15, 0.2) is 29.4 Å². The van der Waals surface area contributed by atoms with Crippen molar-refractivity contribution in [3.8, 4) is 0 Å². The van der Waals surface area contributed by atoms with E-state index in [1.54, 1.807) is 0 Å². The molecule has 0 bridgehead atoms. The van der Waals surface area contributed by atoms with Crippen LogP contribution in [0.5, 0.6) is 0 Å². The van der Waals surface area contributed by atoms with Gasteiger partial charge in [0.2, 0.25) is 5.91 Å². The molecular formula is C15H17ClN4O. The van der Waals surface area contributed by atoms with Gasteiger partial charge in [-0.25, -0.2) is 0 Å². The maximum atomic E-state index is 12.8. The Morgan fingerprint density at radius 1 is 1.33 bits per heavy atom. The van der Waals surface area contributed by atoms with E-state index in [0.29, 0.717) is 5.02 Å². The highest BCUT2D eigenvalue weighted by molar-refractivity contribution is 6.31. The van der Waals surface area contributed by atoms with Crippen LogP contribution in [0, 0.1) is 5.41 Å². The Morgan fingerprint density at radius 3 is 2.76 bits per heavy atom. The number of anilines is 1. The molecule has 1 heterocycles. The molecule has 1 spiro atoms. The van der Waals surface area contributed by atoms with Crippen LogP contribution in [0.1, 0.15) is 32.1 Å². The standard InChI is InChI=1S/C15H17ClN4O/c16-11-2-1-3-13(10-11)20-9-8-15(14(20)21)6-4-12(5-7-15)18-19-17/h1-3,10,12H,4-9H2. The molecule has 2 aliphatic rings. The molecule has 0 radical (unpaired) electrons. The van der Waals surface area contributed by atoms with Crippen molar-refractivity contribution in [3.63, 3.8) is 0 Å². The number of hydrogen-bond acceptors (Lipinski definition) is 2. The predicted molar refractivity (Wildman–Crippen MR) is 82.3 cm³/mol. The molecule has 21 heavy (non-hydrogen) atoms. The van der Waals surface area contributed by atoms with Gasteiger partial charge in [0.1, 0.15) is 0 Å². The van der Waals surface area contributed by atoms with Gasteiger partial charge in [0.25, 0.3) is 0 Å². The van der Waals surface area contributed by atoms with E-state index in [1.807, 2.05) is 29.2 Å². The van der Waals surface area contributed by atoms with Crippen molar-refractivity contribution in [2.24, 2.45) is 10.5 Å². The Morgan fingerprint density at radius 2 is 2.10 bits per heavy atom. The van der Waals surface area contributed by atoms with Crippen LogP contribution in [0.3, 0.4) is 0 Å². The topological polar surface area (TPSA) is 69.1 Å². The molecule has 2 fully saturated rings. The highest BCUT2D eigenvalue weighted by Crippen LogP contribution is 2.46. The van der Waals surface area contributed by atoms with Crippen LogP contribution in [-0.2, 0) is 4.79 Å². The molecule has 0 aromatic heterocycles. The fourth-order valence-corrected chi connectivity index (χ4v) is 3.70. The summed E-state index contributed by atoms with van der Waals surface area (Å²) in [7, 11) is 0. The van der Waals surface area contributed by atoms with Gasteiger partial charge in [0, 0.05) is 28.2 Å². The molecular weight excluding hydrogens is 288 g/mol. The number of rotatable bonds is 2. The SMILES string of the molecule is [N-]=[N+]=NC1CCC2(CC1)CCN(c1cccc(Cl)c1)C2=O. The molecule has 110 valence electrons. The molecule has 0 unspecified atom stereocenters. The normalized spacial score (nSPS) is 28.7. The summed E-state index contributed by atoms with van der Waals surface area (Å²) < 4.78 is 0. The summed E-state index contributed by atoms with van der Waals surface area (Å²) in [5, 5.41) is 4.44. The Labute approximate surface area is 128 Å². The molecule has 1 saturated heterocycles. The van der Waals surface area contributed by atoms with Crippen LogP contribution >= 0.6 is 11.6 Å². The van der Waals surface area contributed by atoms with Crippen molar-refractivity contribution in [2.45, 2.75) is 38.1 Å². The maximum absolute atomic E-state index is 12.8. The summed E-state index contributed by atoms with van der Waals surface area (Å²) in [5.74, 6) is 0.198. The second-order valence-corrected chi connectivity index (χ2v) is 6.34. The molecule has 1 aromatic carbocycles. The molecule has 0 atom stereocenters. The Bertz CT molecular complexity index is 603. The molecule has 5 nitrogen and oxygen atoms in total. The van der Waals surface area contributed by atoms with Gasteiger partial charge >= 0.3 is 0 Å². The lowest BCUT2D eigenvalue weighted by molar-refractivity contribution is -0.127. The molecule has 1 saturated carbocycles. The van der Waals surface area contributed by atoms with E-state index in [9.17, 15) is 4.79 Å². The van der Waals surface area contributed by atoms with Crippen molar-refractivity contribution in [2.75, 3.05) is 11.4 Å². The molecule has 1 aliphatic carbocycles. The molecule has 1 amide bonds. The molecule has 0 N–H and O–H groups in total. The summed E-state index contributed by atoms with van der Waals surface area (Å²) in [4.78, 5) is 17.6. The van der Waals surface area contributed by atoms with Crippen LogP contribution in [0.4, 0.5) is 5.69 Å². The van der Waals surface area contributed by atoms with Gasteiger partial charge in [-0.3, -0.25) is 4.79 Å². The van der Waals surface area contributed by atoms with E-state index in [0.717, 1.165) is 44.3 Å². The van der Waals surface area contributed by atoms with Crippen LogP contribution in [0.2, 0.25) is 5.02 Å². The van der Waals surface area contributed by atoms with Gasteiger partial charge in [-0.15, -0.1) is 0 Å². The van der Waals surface area contributed by atoms with E-state index in [4.69, 9.17) is 17.1 Å². The van der Waals surface area contributed by atoms with Crippen molar-refractivity contribution in [3.05, 3.63) is 39.7 Å². The van der Waals surface area contributed by atoms with Crippen molar-refractivity contribution < 1.29 is 4.79 Å². The van der Waals surface area contributed by atoms with E-state index >= 15 is 0 Å². The summed E-state index contributed by atoms with van der Waals surface area (Å²) in [6.07, 6.45) is 4.11. The molecule has 6 heteroatoms. The number of amides is 1. The second-order valence-electron chi connectivity index (χ2n) is 5.90. The van der Waals surface area contributed by atoms with Crippen molar-refractivity contribution in [1.29, 1.82) is 0 Å². The van der Waals surface area contributed by atoms with Gasteiger partial charge in [-0.2, -0.15) is 0 Å². The predicted octanol–water partition coefficient (Wildman–Crippen LogP) is 4.32. The van der Waals surface area contributed by atoms with Gasteiger partial charge in [0.05, 0.1) is 5.41 Å². The summed E-state index contributed by atoms with van der Waals surface area (Å²) in [5.41, 5.74) is 9.13. The highest BCUT2D eigenvalue weighted by atomic mass is 35.5. The largest absolute Gasteiger partial charge is 0.312 e. The molecule has 3 rings (SSSR count). The minimum Gasteiger partial charge on any atom is -0.312 e. The van der Waals surface area contributed by atoms with Crippen LogP contribution in [-0.4, -0.2) is 18.5 Å². The van der Waals surface area contributed by atoms with E-state index in [-0.39, 0.29) is 17.4 Å². The Hall–Kier alpha value is -1.71. The first-order valence-corrected chi connectivity index (χ1v) is 7.64. The number of azide groups is 1. The zero-order chi connectivity index (χ0) is 14.9. The molecule has 1 aromatic rings. The van der Waals surface area contributed by atoms with Crippen LogP contribution < -0.4 is 4.90 Å². The number of nitrogens with zero attached hydrogens (tertiary/aromatic N) is 4. The number of benzene rings is 1. The average molecular weight is 305 g/mol. The van der Waals surface area contributed by atoms with Gasteiger partial charge in [-0.1, -0.05) is 22.8 Å². The molecule has 1 aliphatic heterocycles. The lowest BCUT2D eigenvalue weighted by Gasteiger charge is -2.34. The van der Waals surface area contributed by atoms with Gasteiger partial charge < -0.3 is 4.90 Å². The zero-order valence-electron chi connectivity index (χ0n) is 11.7. The quantitative estimate of drug-likeness (QED) is 0.456. The second kappa shape index (κ2) is 5.58. The summed E-state index contributed by atoms with van der Waals surface area (Å²) in [6, 6.07) is 7.49. The first kappa shape index (κ1) is 14.2.